The molecular formula is C8H19N2O2+. The van der Waals surface area contributed by atoms with E-state index in [1.54, 1.807) is 7.05 Å². The maximum atomic E-state index is 10.7. The lowest BCUT2D eigenvalue weighted by atomic mass is 10.2. The van der Waals surface area contributed by atoms with Gasteiger partial charge in [0.1, 0.15) is 19.2 Å². The number of hydrogen-bond donors (Lipinski definition) is 1. The lowest BCUT2D eigenvalue weighted by Gasteiger charge is -2.30. The number of quaternary nitrogens is 1. The normalized spacial score (nSPS) is 17.1. The molecule has 0 aliphatic rings. The van der Waals surface area contributed by atoms with Crippen LogP contribution in [-0.2, 0) is 9.63 Å². The van der Waals surface area contributed by atoms with Crippen molar-refractivity contribution in [3.63, 3.8) is 0 Å². The van der Waals surface area contributed by atoms with Gasteiger partial charge in [0.15, 0.2) is 0 Å². The van der Waals surface area contributed by atoms with Gasteiger partial charge >= 0.3 is 6.41 Å². The minimum absolute atomic E-state index is 0.0833. The number of hydrogen-bond acceptors (Lipinski definition) is 3. The van der Waals surface area contributed by atoms with Gasteiger partial charge in [-0.3, -0.25) is 0 Å². The van der Waals surface area contributed by atoms with E-state index >= 15 is 0 Å². The summed E-state index contributed by atoms with van der Waals surface area (Å²) in [6.45, 7) is 6.66. The van der Waals surface area contributed by atoms with Gasteiger partial charge in [-0.05, 0) is 20.8 Å². The first-order chi connectivity index (χ1) is 5.33. The molecule has 0 heterocycles. The molecule has 1 unspecified atom stereocenters. The Morgan fingerprint density at radius 3 is 2.25 bits per heavy atom. The van der Waals surface area contributed by atoms with Crippen LogP contribution in [0.2, 0.25) is 0 Å². The predicted octanol–water partition coefficient (Wildman–Crippen LogP) is 0.278. The fraction of sp³-hybridized carbons (Fsp3) is 0.875. The summed E-state index contributed by atoms with van der Waals surface area (Å²) in [6, 6.07) is 0. The quantitative estimate of drug-likeness (QED) is 0.379. The van der Waals surface area contributed by atoms with Crippen LogP contribution in [0.3, 0.4) is 0 Å². The highest BCUT2D eigenvalue weighted by atomic mass is 16.7. The molecule has 0 saturated carbocycles. The third-order valence-electron chi connectivity index (χ3n) is 1.28. The van der Waals surface area contributed by atoms with Gasteiger partial charge in [0, 0.05) is 6.54 Å². The average molecular weight is 175 g/mol. The van der Waals surface area contributed by atoms with Gasteiger partial charge in [0.05, 0.1) is 0 Å². The van der Waals surface area contributed by atoms with Crippen molar-refractivity contribution in [2.24, 2.45) is 5.73 Å². The topological polar surface area (TPSA) is 52.3 Å². The largest absolute Gasteiger partial charge is 0.333 e. The molecule has 1 amide bonds. The van der Waals surface area contributed by atoms with Crippen LogP contribution in [0, 0.1) is 0 Å². The zero-order valence-electron chi connectivity index (χ0n) is 8.33. The fourth-order valence-corrected chi connectivity index (χ4v) is 1.00. The Morgan fingerprint density at radius 2 is 2.00 bits per heavy atom. The summed E-state index contributed by atoms with van der Waals surface area (Å²) < 4.78 is -0.0833. The van der Waals surface area contributed by atoms with E-state index in [4.69, 9.17) is 10.6 Å². The summed E-state index contributed by atoms with van der Waals surface area (Å²) in [6.07, 6.45) is 0.762. The van der Waals surface area contributed by atoms with Gasteiger partial charge in [0.25, 0.3) is 0 Å². The molecule has 0 aromatic heterocycles. The van der Waals surface area contributed by atoms with Crippen LogP contribution in [0.25, 0.3) is 0 Å². The van der Waals surface area contributed by atoms with E-state index < -0.39 is 0 Å². The molecule has 12 heavy (non-hydrogen) atoms. The minimum atomic E-state index is -0.329. The van der Waals surface area contributed by atoms with E-state index in [2.05, 4.69) is 0 Å². The van der Waals surface area contributed by atoms with Crippen molar-refractivity contribution in [2.45, 2.75) is 26.4 Å². The Balaban J connectivity index is 4.23. The standard InChI is InChI=1S/C8H19N2O2/c1-8(2,3)12-10(4,7-11)6-5-9/h7H,5-6,9H2,1-4H3/q+1. The number of likely N-dealkylation sites (N-methyl/N-ethyl adjacent to an activating group) is 1. The summed E-state index contributed by atoms with van der Waals surface area (Å²) in [5, 5.41) is 0. The van der Waals surface area contributed by atoms with E-state index in [9.17, 15) is 4.79 Å². The Labute approximate surface area is 73.8 Å². The van der Waals surface area contributed by atoms with Crippen molar-refractivity contribution in [3.8, 4) is 0 Å². The van der Waals surface area contributed by atoms with Gasteiger partial charge < -0.3 is 5.73 Å². The highest BCUT2D eigenvalue weighted by Gasteiger charge is 2.29. The Morgan fingerprint density at radius 1 is 1.50 bits per heavy atom. The molecule has 0 aromatic carbocycles. The van der Waals surface area contributed by atoms with Crippen molar-refractivity contribution in [3.05, 3.63) is 0 Å². The fourth-order valence-electron chi connectivity index (χ4n) is 1.00. The summed E-state index contributed by atoms with van der Waals surface area (Å²) in [7, 11) is 1.70. The molecular weight excluding hydrogens is 156 g/mol. The molecule has 0 aliphatic heterocycles. The van der Waals surface area contributed by atoms with Gasteiger partial charge in [0.2, 0.25) is 0 Å². The second kappa shape index (κ2) is 3.98. The van der Waals surface area contributed by atoms with Crippen molar-refractivity contribution in [2.75, 3.05) is 20.1 Å². The third kappa shape index (κ3) is 4.43. The summed E-state index contributed by atoms with van der Waals surface area (Å²) >= 11 is 0. The molecule has 0 radical (unpaired) electrons. The smallest absolute Gasteiger partial charge is 0.325 e. The van der Waals surface area contributed by atoms with Crippen molar-refractivity contribution in [1.82, 2.24) is 0 Å². The number of nitrogens with zero attached hydrogens (tertiary/aromatic N) is 1. The Kier molecular flexibility index (Phi) is 3.83. The summed E-state index contributed by atoms with van der Waals surface area (Å²) in [4.78, 5) is 16.2. The Hall–Kier alpha value is -0.450. The zero-order chi connectivity index (χ0) is 9.83. The number of carbonyl (C=O) groups is 1. The number of hydroxylamine groups is 3. The number of rotatable bonds is 4. The van der Waals surface area contributed by atoms with Gasteiger partial charge in [-0.25, -0.2) is 4.79 Å². The van der Waals surface area contributed by atoms with Crippen molar-refractivity contribution < 1.29 is 14.3 Å². The van der Waals surface area contributed by atoms with E-state index in [0.29, 0.717) is 13.1 Å². The minimum Gasteiger partial charge on any atom is -0.325 e. The van der Waals surface area contributed by atoms with Crippen LogP contribution in [-0.4, -0.2) is 36.8 Å². The van der Waals surface area contributed by atoms with E-state index in [-0.39, 0.29) is 10.2 Å². The lowest BCUT2D eigenvalue weighted by Crippen LogP contribution is -2.50. The van der Waals surface area contributed by atoms with Crippen LogP contribution >= 0.6 is 0 Å². The maximum Gasteiger partial charge on any atom is 0.333 e. The number of carbonyl (C=O) groups excluding carboxylic acids is 1. The molecule has 0 saturated heterocycles. The van der Waals surface area contributed by atoms with E-state index in [0.717, 1.165) is 6.41 Å². The first-order valence-corrected chi connectivity index (χ1v) is 4.05. The summed E-state index contributed by atoms with van der Waals surface area (Å²) in [5.41, 5.74) is 5.03. The molecule has 4 nitrogen and oxygen atoms in total. The average Bonchev–Trinajstić information content (AvgIpc) is 1.84. The molecule has 0 aliphatic carbocycles. The molecule has 0 bridgehead atoms. The number of amides is 1. The van der Waals surface area contributed by atoms with Crippen LogP contribution < -0.4 is 5.73 Å². The van der Waals surface area contributed by atoms with Crippen molar-refractivity contribution in [1.29, 1.82) is 0 Å². The molecule has 72 valence electrons. The molecule has 4 heteroatoms. The van der Waals surface area contributed by atoms with Crippen LogP contribution in [0.4, 0.5) is 0 Å². The second-order valence-corrected chi connectivity index (χ2v) is 4.00. The van der Waals surface area contributed by atoms with Gasteiger partial charge in [-0.1, -0.05) is 0 Å². The maximum absolute atomic E-state index is 10.7. The Bertz CT molecular complexity index is 154. The van der Waals surface area contributed by atoms with E-state index in [1.807, 2.05) is 20.8 Å². The molecule has 1 atom stereocenters. The number of nitrogens with two attached hydrogens (primary N) is 1. The molecule has 0 rings (SSSR count). The lowest BCUT2D eigenvalue weighted by molar-refractivity contribution is -1.03. The van der Waals surface area contributed by atoms with Crippen LogP contribution in [0.5, 0.6) is 0 Å². The molecule has 0 aromatic rings. The van der Waals surface area contributed by atoms with Crippen molar-refractivity contribution >= 4 is 6.41 Å². The summed E-state index contributed by atoms with van der Waals surface area (Å²) in [5.74, 6) is 0. The van der Waals surface area contributed by atoms with Crippen LogP contribution in [0.1, 0.15) is 20.8 Å². The predicted molar refractivity (Wildman–Crippen MR) is 47.0 cm³/mol. The highest BCUT2D eigenvalue weighted by Crippen LogP contribution is 2.13. The molecule has 2 N–H and O–H groups in total. The SMILES string of the molecule is CC(C)(C)O[N+](C)(C=O)CCN. The molecule has 0 spiro atoms. The van der Waals surface area contributed by atoms with Gasteiger partial charge in [-0.2, -0.15) is 4.84 Å². The monoisotopic (exact) mass is 175 g/mol. The van der Waals surface area contributed by atoms with Gasteiger partial charge in [-0.15, -0.1) is 4.65 Å². The first kappa shape index (κ1) is 11.6. The zero-order valence-corrected chi connectivity index (χ0v) is 8.33. The first-order valence-electron chi connectivity index (χ1n) is 4.05. The molecule has 0 fully saturated rings. The van der Waals surface area contributed by atoms with E-state index in [1.165, 1.54) is 0 Å². The highest BCUT2D eigenvalue weighted by molar-refractivity contribution is 5.35. The second-order valence-electron chi connectivity index (χ2n) is 4.00. The van der Waals surface area contributed by atoms with Crippen LogP contribution in [0.15, 0.2) is 0 Å². The third-order valence-corrected chi connectivity index (χ3v) is 1.28.